The summed E-state index contributed by atoms with van der Waals surface area (Å²) in [7, 11) is 0. The number of carbonyl (C=O) groups excluding carboxylic acids is 1. The maximum Gasteiger partial charge on any atom is 0.317 e. The summed E-state index contributed by atoms with van der Waals surface area (Å²) in [5.41, 5.74) is 1.83. The van der Waals surface area contributed by atoms with Crippen molar-refractivity contribution in [2.75, 3.05) is 32.8 Å². The van der Waals surface area contributed by atoms with Gasteiger partial charge in [0.05, 0.1) is 18.9 Å². The third kappa shape index (κ3) is 4.27. The van der Waals surface area contributed by atoms with Crippen LogP contribution in [0.4, 0.5) is 9.18 Å². The fourth-order valence-electron chi connectivity index (χ4n) is 2.32. The number of halogens is 1. The summed E-state index contributed by atoms with van der Waals surface area (Å²) >= 11 is 1.52. The standard InChI is InChI=1S/C16H18FN3O2S/c17-13-3-1-12(2-4-13)15-19-14(11-23-15)5-6-18-16(21)20-7-9-22-10-8-20/h1-4,11H,5-10H2,(H,18,21). The Balaban J connectivity index is 1.49. The van der Waals surface area contributed by atoms with Crippen molar-refractivity contribution >= 4 is 17.4 Å². The first-order chi connectivity index (χ1) is 11.2. The number of nitrogens with one attached hydrogen (secondary N) is 1. The molecule has 5 nitrogen and oxygen atoms in total. The van der Waals surface area contributed by atoms with Crippen LogP contribution in [0, 0.1) is 5.82 Å². The molecule has 1 N–H and O–H groups in total. The zero-order valence-electron chi connectivity index (χ0n) is 12.6. The minimum Gasteiger partial charge on any atom is -0.378 e. The van der Waals surface area contributed by atoms with Crippen molar-refractivity contribution in [1.29, 1.82) is 0 Å². The summed E-state index contributed by atoms with van der Waals surface area (Å²) in [5, 5.41) is 5.74. The van der Waals surface area contributed by atoms with E-state index in [1.54, 1.807) is 17.0 Å². The van der Waals surface area contributed by atoms with E-state index in [1.165, 1.54) is 23.5 Å². The zero-order chi connectivity index (χ0) is 16.1. The quantitative estimate of drug-likeness (QED) is 0.934. The molecular weight excluding hydrogens is 317 g/mol. The van der Waals surface area contributed by atoms with Gasteiger partial charge in [-0.15, -0.1) is 11.3 Å². The predicted molar refractivity (Wildman–Crippen MR) is 87.0 cm³/mol. The number of aromatic nitrogens is 1. The molecule has 3 rings (SSSR count). The normalized spacial score (nSPS) is 14.7. The number of ether oxygens (including phenoxy) is 1. The van der Waals surface area contributed by atoms with Gasteiger partial charge in [-0.2, -0.15) is 0 Å². The number of amides is 2. The maximum absolute atomic E-state index is 12.9. The lowest BCUT2D eigenvalue weighted by atomic mass is 10.2. The van der Waals surface area contributed by atoms with Crippen LogP contribution in [0.15, 0.2) is 29.6 Å². The van der Waals surface area contributed by atoms with Crippen LogP contribution in [0.3, 0.4) is 0 Å². The third-order valence-corrected chi connectivity index (χ3v) is 4.54. The Hall–Kier alpha value is -1.99. The molecule has 23 heavy (non-hydrogen) atoms. The second-order valence-electron chi connectivity index (χ2n) is 5.23. The van der Waals surface area contributed by atoms with Crippen LogP contribution in [0.2, 0.25) is 0 Å². The van der Waals surface area contributed by atoms with E-state index in [4.69, 9.17) is 4.74 Å². The van der Waals surface area contributed by atoms with Crippen LogP contribution in [0.1, 0.15) is 5.69 Å². The molecule has 0 saturated carbocycles. The highest BCUT2D eigenvalue weighted by molar-refractivity contribution is 7.13. The van der Waals surface area contributed by atoms with Crippen molar-refractivity contribution < 1.29 is 13.9 Å². The average Bonchev–Trinajstić information content (AvgIpc) is 3.05. The summed E-state index contributed by atoms with van der Waals surface area (Å²) in [5.74, 6) is -0.253. The zero-order valence-corrected chi connectivity index (χ0v) is 13.4. The van der Waals surface area contributed by atoms with Crippen LogP contribution in [0.5, 0.6) is 0 Å². The number of hydrogen-bond acceptors (Lipinski definition) is 4. The molecule has 1 aromatic carbocycles. The van der Waals surface area contributed by atoms with Gasteiger partial charge < -0.3 is 15.0 Å². The van der Waals surface area contributed by atoms with Crippen molar-refractivity contribution in [3.63, 3.8) is 0 Å². The lowest BCUT2D eigenvalue weighted by Crippen LogP contribution is -2.46. The Labute approximate surface area is 138 Å². The highest BCUT2D eigenvalue weighted by Crippen LogP contribution is 2.23. The SMILES string of the molecule is O=C(NCCc1csc(-c2ccc(F)cc2)n1)N1CCOCC1. The minimum atomic E-state index is -0.253. The molecule has 0 spiro atoms. The molecule has 1 aromatic heterocycles. The van der Waals surface area contributed by atoms with Gasteiger partial charge in [-0.05, 0) is 24.3 Å². The van der Waals surface area contributed by atoms with Gasteiger partial charge >= 0.3 is 6.03 Å². The largest absolute Gasteiger partial charge is 0.378 e. The topological polar surface area (TPSA) is 54.5 Å². The number of hydrogen-bond donors (Lipinski definition) is 1. The first kappa shape index (κ1) is 15.9. The first-order valence-corrected chi connectivity index (χ1v) is 8.41. The van der Waals surface area contributed by atoms with E-state index in [9.17, 15) is 9.18 Å². The molecule has 0 bridgehead atoms. The fourth-order valence-corrected chi connectivity index (χ4v) is 3.18. The highest BCUT2D eigenvalue weighted by atomic mass is 32.1. The molecule has 2 heterocycles. The molecule has 0 unspecified atom stereocenters. The second-order valence-corrected chi connectivity index (χ2v) is 6.09. The van der Waals surface area contributed by atoms with E-state index < -0.39 is 0 Å². The molecule has 1 aliphatic rings. The Morgan fingerprint density at radius 1 is 1.30 bits per heavy atom. The van der Waals surface area contributed by atoms with Gasteiger partial charge in [0.25, 0.3) is 0 Å². The van der Waals surface area contributed by atoms with Gasteiger partial charge in [0.2, 0.25) is 0 Å². The molecule has 1 fully saturated rings. The lowest BCUT2D eigenvalue weighted by Gasteiger charge is -2.26. The van der Waals surface area contributed by atoms with E-state index in [1.807, 2.05) is 5.38 Å². The first-order valence-electron chi connectivity index (χ1n) is 7.53. The third-order valence-electron chi connectivity index (χ3n) is 3.60. The summed E-state index contributed by atoms with van der Waals surface area (Å²) in [4.78, 5) is 18.2. The van der Waals surface area contributed by atoms with Crippen LogP contribution in [-0.4, -0.2) is 48.8 Å². The molecule has 2 aromatic rings. The number of benzene rings is 1. The predicted octanol–water partition coefficient (Wildman–Crippen LogP) is 2.53. The summed E-state index contributed by atoms with van der Waals surface area (Å²) in [6.45, 7) is 3.01. The Morgan fingerprint density at radius 3 is 2.78 bits per heavy atom. The van der Waals surface area contributed by atoms with Gasteiger partial charge in [-0.3, -0.25) is 0 Å². The Bertz CT molecular complexity index is 654. The van der Waals surface area contributed by atoms with Crippen LogP contribution in [0.25, 0.3) is 10.6 Å². The van der Waals surface area contributed by atoms with Crippen molar-refractivity contribution in [1.82, 2.24) is 15.2 Å². The molecule has 2 amide bonds. The second kappa shape index (κ2) is 7.52. The summed E-state index contributed by atoms with van der Waals surface area (Å²) in [6, 6.07) is 6.25. The van der Waals surface area contributed by atoms with Gasteiger partial charge in [0.15, 0.2) is 0 Å². The number of nitrogens with zero attached hydrogens (tertiary/aromatic N) is 2. The van der Waals surface area contributed by atoms with E-state index in [0.717, 1.165) is 16.3 Å². The van der Waals surface area contributed by atoms with Gasteiger partial charge in [0, 0.05) is 37.0 Å². The van der Waals surface area contributed by atoms with E-state index in [-0.39, 0.29) is 11.8 Å². The summed E-state index contributed by atoms with van der Waals surface area (Å²) in [6.07, 6.45) is 0.674. The fraction of sp³-hybridized carbons (Fsp3) is 0.375. The molecule has 7 heteroatoms. The highest BCUT2D eigenvalue weighted by Gasteiger charge is 2.16. The number of thiazole rings is 1. The molecule has 0 aliphatic carbocycles. The maximum atomic E-state index is 12.9. The van der Waals surface area contributed by atoms with Crippen molar-refractivity contribution in [2.45, 2.75) is 6.42 Å². The van der Waals surface area contributed by atoms with Crippen LogP contribution < -0.4 is 5.32 Å². The van der Waals surface area contributed by atoms with Crippen LogP contribution >= 0.6 is 11.3 Å². The molecule has 1 aliphatic heterocycles. The number of morpholine rings is 1. The number of rotatable bonds is 4. The van der Waals surface area contributed by atoms with Gasteiger partial charge in [-0.1, -0.05) is 0 Å². The van der Waals surface area contributed by atoms with Gasteiger partial charge in [0.1, 0.15) is 10.8 Å². The average molecular weight is 335 g/mol. The molecule has 0 radical (unpaired) electrons. The van der Waals surface area contributed by atoms with E-state index in [2.05, 4.69) is 10.3 Å². The molecular formula is C16H18FN3O2S. The van der Waals surface area contributed by atoms with Crippen LogP contribution in [-0.2, 0) is 11.2 Å². The van der Waals surface area contributed by atoms with Crippen molar-refractivity contribution in [2.24, 2.45) is 0 Å². The number of urea groups is 1. The van der Waals surface area contributed by atoms with E-state index in [0.29, 0.717) is 39.3 Å². The molecule has 1 saturated heterocycles. The Kier molecular flexibility index (Phi) is 5.19. The molecule has 0 atom stereocenters. The minimum absolute atomic E-state index is 0.0534. The summed E-state index contributed by atoms with van der Waals surface area (Å²) < 4.78 is 18.2. The monoisotopic (exact) mass is 335 g/mol. The Morgan fingerprint density at radius 2 is 2.04 bits per heavy atom. The van der Waals surface area contributed by atoms with E-state index >= 15 is 0 Å². The van der Waals surface area contributed by atoms with Gasteiger partial charge in [-0.25, -0.2) is 14.2 Å². The number of carbonyl (C=O) groups is 1. The lowest BCUT2D eigenvalue weighted by molar-refractivity contribution is 0.0533. The van der Waals surface area contributed by atoms with Crippen molar-refractivity contribution in [3.8, 4) is 10.6 Å². The smallest absolute Gasteiger partial charge is 0.317 e. The van der Waals surface area contributed by atoms with Crippen molar-refractivity contribution in [3.05, 3.63) is 41.2 Å². The molecule has 122 valence electrons.